The third kappa shape index (κ3) is 3.56. The van der Waals surface area contributed by atoms with Gasteiger partial charge in [-0.05, 0) is 87.0 Å². The fourth-order valence-electron chi connectivity index (χ4n) is 1.77. The Bertz CT molecular complexity index is 501. The smallest absolute Gasteiger partial charge is 0.0731 e. The van der Waals surface area contributed by atoms with E-state index in [-0.39, 0.29) is 0 Å². The monoisotopic (exact) mass is 455 g/mol. The first kappa shape index (κ1) is 15.0. The van der Waals surface area contributed by atoms with Crippen LogP contribution in [0.4, 0.5) is 0 Å². The Morgan fingerprint density at radius 3 is 2.72 bits per heavy atom. The third-order valence-electron chi connectivity index (χ3n) is 2.68. The fraction of sp³-hybridized carbons (Fsp3) is 0.385. The first-order valence-corrected chi connectivity index (χ1v) is 9.41. The van der Waals surface area contributed by atoms with Crippen molar-refractivity contribution in [2.24, 2.45) is 0 Å². The Morgan fingerprint density at radius 1 is 1.44 bits per heavy atom. The fourth-order valence-corrected chi connectivity index (χ4v) is 4.84. The lowest BCUT2D eigenvalue weighted by Crippen LogP contribution is -2.21. The van der Waals surface area contributed by atoms with Crippen LogP contribution in [0.2, 0.25) is 0 Å². The van der Waals surface area contributed by atoms with Gasteiger partial charge in [-0.3, -0.25) is 0 Å². The van der Waals surface area contributed by atoms with Gasteiger partial charge in [0.1, 0.15) is 0 Å². The molecule has 2 aromatic rings. The Kier molecular flexibility index (Phi) is 5.68. The topological polar surface area (TPSA) is 12.0 Å². The highest BCUT2D eigenvalue weighted by Gasteiger charge is 2.17. The van der Waals surface area contributed by atoms with Crippen LogP contribution in [0.3, 0.4) is 0 Å². The molecular formula is C13H15BrINS2. The van der Waals surface area contributed by atoms with E-state index >= 15 is 0 Å². The molecule has 2 aromatic heterocycles. The van der Waals surface area contributed by atoms with Crippen LogP contribution in [0, 0.1) is 9.81 Å². The van der Waals surface area contributed by atoms with E-state index < -0.39 is 0 Å². The molecule has 0 aliphatic carbocycles. The van der Waals surface area contributed by atoms with E-state index in [1.807, 2.05) is 22.7 Å². The van der Waals surface area contributed by atoms with Crippen LogP contribution < -0.4 is 5.32 Å². The van der Waals surface area contributed by atoms with Gasteiger partial charge in [-0.1, -0.05) is 6.92 Å². The summed E-state index contributed by atoms with van der Waals surface area (Å²) in [6.07, 6.45) is 1.16. The summed E-state index contributed by atoms with van der Waals surface area (Å²) < 4.78 is 2.59. The maximum Gasteiger partial charge on any atom is 0.0731 e. The van der Waals surface area contributed by atoms with E-state index in [9.17, 15) is 0 Å². The number of halogens is 2. The first-order chi connectivity index (χ1) is 8.61. The second-order valence-corrected chi connectivity index (χ2v) is 9.38. The normalized spacial score (nSPS) is 12.9. The molecule has 0 aliphatic rings. The van der Waals surface area contributed by atoms with Crippen molar-refractivity contribution in [1.82, 2.24) is 5.32 Å². The van der Waals surface area contributed by atoms with Crippen LogP contribution >= 0.6 is 61.2 Å². The van der Waals surface area contributed by atoms with Crippen molar-refractivity contribution in [3.8, 4) is 0 Å². The van der Waals surface area contributed by atoms with Gasteiger partial charge in [0.05, 0.1) is 12.7 Å². The summed E-state index contributed by atoms with van der Waals surface area (Å²) in [5, 5.41) is 5.91. The van der Waals surface area contributed by atoms with E-state index in [0.29, 0.717) is 6.04 Å². The molecule has 98 valence electrons. The molecule has 0 saturated carbocycles. The van der Waals surface area contributed by atoms with Crippen molar-refractivity contribution in [3.05, 3.63) is 40.2 Å². The van der Waals surface area contributed by atoms with Crippen LogP contribution in [-0.2, 0) is 0 Å². The summed E-state index contributed by atoms with van der Waals surface area (Å²) in [6.45, 7) is 5.40. The SMILES string of the molecule is CCCNC(c1csc(I)c1)c1cc(C)c(Br)s1. The second kappa shape index (κ2) is 6.83. The van der Waals surface area contributed by atoms with Gasteiger partial charge >= 0.3 is 0 Å². The molecule has 0 bridgehead atoms. The predicted molar refractivity (Wildman–Crippen MR) is 93.9 cm³/mol. The maximum absolute atomic E-state index is 3.65. The van der Waals surface area contributed by atoms with Crippen LogP contribution in [-0.4, -0.2) is 6.54 Å². The van der Waals surface area contributed by atoms with E-state index in [0.717, 1.165) is 13.0 Å². The molecule has 0 radical (unpaired) electrons. The van der Waals surface area contributed by atoms with E-state index in [4.69, 9.17) is 0 Å². The van der Waals surface area contributed by atoms with Crippen LogP contribution in [0.5, 0.6) is 0 Å². The van der Waals surface area contributed by atoms with Crippen LogP contribution in [0.1, 0.15) is 35.4 Å². The number of thiophene rings is 2. The quantitative estimate of drug-likeness (QED) is 0.580. The Balaban J connectivity index is 2.30. The first-order valence-electron chi connectivity index (χ1n) is 5.85. The molecule has 0 aromatic carbocycles. The molecule has 1 N–H and O–H groups in total. The summed E-state index contributed by atoms with van der Waals surface area (Å²) in [5.74, 6) is 0. The minimum Gasteiger partial charge on any atom is -0.306 e. The van der Waals surface area contributed by atoms with Crippen molar-refractivity contribution in [2.75, 3.05) is 6.54 Å². The molecule has 5 heteroatoms. The lowest BCUT2D eigenvalue weighted by atomic mass is 10.1. The van der Waals surface area contributed by atoms with Gasteiger partial charge in [-0.2, -0.15) is 0 Å². The number of rotatable bonds is 5. The molecule has 0 fully saturated rings. The largest absolute Gasteiger partial charge is 0.306 e. The Hall–Kier alpha value is 0.570. The molecule has 1 atom stereocenters. The van der Waals surface area contributed by atoms with Crippen LogP contribution in [0.25, 0.3) is 0 Å². The van der Waals surface area contributed by atoms with Gasteiger partial charge in [0.15, 0.2) is 0 Å². The van der Waals surface area contributed by atoms with Crippen LogP contribution in [0.15, 0.2) is 21.3 Å². The zero-order valence-corrected chi connectivity index (χ0v) is 15.7. The zero-order valence-electron chi connectivity index (χ0n) is 10.3. The van der Waals surface area contributed by atoms with Crippen molar-refractivity contribution >= 4 is 61.2 Å². The molecule has 1 unspecified atom stereocenters. The summed E-state index contributed by atoms with van der Waals surface area (Å²) in [7, 11) is 0. The molecule has 2 heterocycles. The highest BCUT2D eigenvalue weighted by atomic mass is 127. The van der Waals surface area contributed by atoms with Crippen molar-refractivity contribution in [3.63, 3.8) is 0 Å². The van der Waals surface area contributed by atoms with Gasteiger partial charge in [0.2, 0.25) is 0 Å². The van der Waals surface area contributed by atoms with Crippen molar-refractivity contribution in [2.45, 2.75) is 26.3 Å². The summed E-state index contributed by atoms with van der Waals surface area (Å²) in [4.78, 5) is 1.39. The summed E-state index contributed by atoms with van der Waals surface area (Å²) in [6, 6.07) is 4.90. The number of hydrogen-bond acceptors (Lipinski definition) is 3. The number of nitrogens with one attached hydrogen (secondary N) is 1. The third-order valence-corrected chi connectivity index (χ3v) is 6.69. The van der Waals surface area contributed by atoms with E-state index in [1.54, 1.807) is 0 Å². The number of aryl methyl sites for hydroxylation is 1. The molecular weight excluding hydrogens is 441 g/mol. The molecule has 1 nitrogen and oxygen atoms in total. The highest BCUT2D eigenvalue weighted by Crippen LogP contribution is 2.35. The minimum absolute atomic E-state index is 0.333. The minimum atomic E-state index is 0.333. The lowest BCUT2D eigenvalue weighted by Gasteiger charge is -2.15. The lowest BCUT2D eigenvalue weighted by molar-refractivity contribution is 0.607. The second-order valence-electron chi connectivity index (χ2n) is 4.18. The highest BCUT2D eigenvalue weighted by molar-refractivity contribution is 14.1. The molecule has 2 rings (SSSR count). The maximum atomic E-state index is 3.65. The summed E-state index contributed by atoms with van der Waals surface area (Å²) >= 11 is 9.65. The van der Waals surface area contributed by atoms with Gasteiger partial charge in [0.25, 0.3) is 0 Å². The average Bonchev–Trinajstić information content (AvgIpc) is 2.88. The van der Waals surface area contributed by atoms with Gasteiger partial charge in [0, 0.05) is 4.88 Å². The predicted octanol–water partition coefficient (Wildman–Crippen LogP) is 5.57. The Morgan fingerprint density at radius 2 is 2.22 bits per heavy atom. The standard InChI is InChI=1S/C13H15BrINS2/c1-3-4-16-12(9-6-11(15)17-7-9)10-5-8(2)13(14)18-10/h5-7,12,16H,3-4H2,1-2H3. The molecule has 0 amide bonds. The van der Waals surface area contributed by atoms with Gasteiger partial charge in [-0.15, -0.1) is 22.7 Å². The number of hydrogen-bond donors (Lipinski definition) is 1. The zero-order chi connectivity index (χ0) is 13.1. The Labute approximate surface area is 138 Å². The average molecular weight is 456 g/mol. The van der Waals surface area contributed by atoms with E-state index in [1.165, 1.54) is 22.7 Å². The van der Waals surface area contributed by atoms with Gasteiger partial charge < -0.3 is 5.32 Å². The van der Waals surface area contributed by atoms with Crippen molar-refractivity contribution in [1.29, 1.82) is 0 Å². The molecule has 0 aliphatic heterocycles. The summed E-state index contributed by atoms with van der Waals surface area (Å²) in [5.41, 5.74) is 2.70. The van der Waals surface area contributed by atoms with E-state index in [2.05, 4.69) is 75.2 Å². The molecule has 0 saturated heterocycles. The molecule has 18 heavy (non-hydrogen) atoms. The van der Waals surface area contributed by atoms with Crippen molar-refractivity contribution < 1.29 is 0 Å². The molecule has 0 spiro atoms. The van der Waals surface area contributed by atoms with Gasteiger partial charge in [-0.25, -0.2) is 0 Å².